The summed E-state index contributed by atoms with van der Waals surface area (Å²) in [5, 5.41) is 13.2. The minimum Gasteiger partial charge on any atom is -0.480 e. The maximum Gasteiger partial charge on any atom is 0.329 e. The van der Waals surface area contributed by atoms with Crippen LogP contribution in [0.2, 0.25) is 0 Å². The molecule has 0 radical (unpaired) electrons. The van der Waals surface area contributed by atoms with Crippen molar-refractivity contribution in [2.75, 3.05) is 6.54 Å². The summed E-state index contributed by atoms with van der Waals surface area (Å²) in [6.45, 7) is 4.18. The molecule has 1 saturated heterocycles. The van der Waals surface area contributed by atoms with Crippen LogP contribution >= 0.6 is 0 Å². The number of aliphatic carboxylic acids is 1. The maximum absolute atomic E-state index is 12.3. The second kappa shape index (κ2) is 6.89. The largest absolute Gasteiger partial charge is 0.480 e. The topological polar surface area (TPSA) is 96.5 Å². The number of carboxylic acids is 1. The number of amides is 1. The minimum absolute atomic E-state index is 0.115. The van der Waals surface area contributed by atoms with E-state index in [4.69, 9.17) is 4.52 Å². The number of carbonyl (C=O) groups excluding carboxylic acids is 1. The average Bonchev–Trinajstić information content (AvgIpc) is 3.07. The van der Waals surface area contributed by atoms with E-state index in [1.165, 1.54) is 4.90 Å². The van der Waals surface area contributed by atoms with Crippen LogP contribution in [-0.4, -0.2) is 44.1 Å². The fraction of sp³-hybridized carbons (Fsp3) is 0.733. The summed E-state index contributed by atoms with van der Waals surface area (Å²) in [6, 6.07) is 0. The Kier molecular flexibility index (Phi) is 5.15. The van der Waals surface area contributed by atoms with E-state index >= 15 is 0 Å². The molecule has 1 N–H and O–H groups in total. The van der Waals surface area contributed by atoms with Crippen molar-refractivity contribution in [3.8, 4) is 0 Å². The number of hydrogen-bond donors (Lipinski definition) is 1. The summed E-state index contributed by atoms with van der Waals surface area (Å²) >= 11 is 0. The Hall–Kier alpha value is -1.92. The number of aromatic nitrogens is 2. The van der Waals surface area contributed by atoms with E-state index in [-0.39, 0.29) is 5.91 Å². The number of rotatable bonds is 7. The summed E-state index contributed by atoms with van der Waals surface area (Å²) in [6.07, 6.45) is 4.41. The highest BCUT2D eigenvalue weighted by molar-refractivity contribution is 5.87. The molecule has 1 aromatic rings. The first kappa shape index (κ1) is 16.5. The van der Waals surface area contributed by atoms with Gasteiger partial charge >= 0.3 is 5.97 Å². The highest BCUT2D eigenvalue weighted by atomic mass is 16.5. The number of aryl methyl sites for hydroxylation is 2. The smallest absolute Gasteiger partial charge is 0.329 e. The Balaban J connectivity index is 1.83. The van der Waals surface area contributed by atoms with Crippen LogP contribution in [-0.2, 0) is 22.4 Å². The zero-order valence-electron chi connectivity index (χ0n) is 13.2. The van der Waals surface area contributed by atoms with Gasteiger partial charge in [-0.2, -0.15) is 4.98 Å². The SMILES string of the molecule is CCCc1noc(CCCC(=O)N2CCCC2(C)C(=O)O)n1. The Morgan fingerprint density at radius 2 is 2.18 bits per heavy atom. The molecule has 22 heavy (non-hydrogen) atoms. The molecule has 1 atom stereocenters. The van der Waals surface area contributed by atoms with E-state index in [1.807, 2.05) is 6.92 Å². The lowest BCUT2D eigenvalue weighted by Crippen LogP contribution is -2.50. The molecule has 0 aromatic carbocycles. The van der Waals surface area contributed by atoms with Gasteiger partial charge in [0, 0.05) is 25.8 Å². The standard InChI is InChI=1S/C15H23N3O4/c1-3-6-11-16-12(22-17-11)7-4-8-13(19)18-10-5-9-15(18,2)14(20)21/h3-10H2,1-2H3,(H,20,21). The number of likely N-dealkylation sites (tertiary alicyclic amines) is 1. The van der Waals surface area contributed by atoms with Gasteiger partial charge in [0.15, 0.2) is 5.82 Å². The fourth-order valence-corrected chi connectivity index (χ4v) is 2.83. The molecule has 0 aliphatic carbocycles. The van der Waals surface area contributed by atoms with Crippen molar-refractivity contribution in [2.45, 2.75) is 64.3 Å². The van der Waals surface area contributed by atoms with Crippen molar-refractivity contribution in [3.05, 3.63) is 11.7 Å². The van der Waals surface area contributed by atoms with Crippen LogP contribution in [0.1, 0.15) is 57.7 Å². The molecule has 1 amide bonds. The van der Waals surface area contributed by atoms with Gasteiger partial charge < -0.3 is 14.5 Å². The summed E-state index contributed by atoms with van der Waals surface area (Å²) in [5.41, 5.74) is -1.06. The van der Waals surface area contributed by atoms with Gasteiger partial charge in [0.25, 0.3) is 0 Å². The van der Waals surface area contributed by atoms with Gasteiger partial charge in [0.1, 0.15) is 5.54 Å². The van der Waals surface area contributed by atoms with E-state index in [1.54, 1.807) is 6.92 Å². The lowest BCUT2D eigenvalue weighted by Gasteiger charge is -2.31. The van der Waals surface area contributed by atoms with Crippen LogP contribution < -0.4 is 0 Å². The molecule has 2 heterocycles. The third kappa shape index (κ3) is 3.45. The van der Waals surface area contributed by atoms with Gasteiger partial charge in [-0.15, -0.1) is 0 Å². The molecule has 7 heteroatoms. The monoisotopic (exact) mass is 309 g/mol. The Morgan fingerprint density at radius 1 is 1.41 bits per heavy atom. The van der Waals surface area contributed by atoms with Crippen molar-refractivity contribution in [1.82, 2.24) is 15.0 Å². The lowest BCUT2D eigenvalue weighted by molar-refractivity contribution is -0.155. The van der Waals surface area contributed by atoms with Gasteiger partial charge in [-0.05, 0) is 32.6 Å². The molecule has 0 bridgehead atoms. The molecule has 1 unspecified atom stereocenters. The van der Waals surface area contributed by atoms with Gasteiger partial charge in [0.05, 0.1) is 0 Å². The van der Waals surface area contributed by atoms with Crippen molar-refractivity contribution < 1.29 is 19.2 Å². The quantitative estimate of drug-likeness (QED) is 0.825. The first-order chi connectivity index (χ1) is 10.5. The van der Waals surface area contributed by atoms with Crippen molar-refractivity contribution >= 4 is 11.9 Å². The number of nitrogens with zero attached hydrogens (tertiary/aromatic N) is 3. The molecule has 0 spiro atoms. The molecular formula is C15H23N3O4. The van der Waals surface area contributed by atoms with E-state index in [9.17, 15) is 14.7 Å². The van der Waals surface area contributed by atoms with E-state index in [0.717, 1.165) is 19.3 Å². The third-order valence-electron chi connectivity index (χ3n) is 4.17. The second-order valence-electron chi connectivity index (χ2n) is 5.94. The summed E-state index contributed by atoms with van der Waals surface area (Å²) in [5.74, 6) is 0.190. The summed E-state index contributed by atoms with van der Waals surface area (Å²) in [4.78, 5) is 29.4. The van der Waals surface area contributed by atoms with Crippen LogP contribution in [0.5, 0.6) is 0 Å². The number of carbonyl (C=O) groups is 2. The molecule has 0 saturated carbocycles. The molecule has 1 aromatic heterocycles. The molecule has 7 nitrogen and oxygen atoms in total. The van der Waals surface area contributed by atoms with Crippen LogP contribution in [0.25, 0.3) is 0 Å². The minimum atomic E-state index is -1.06. The zero-order valence-corrected chi connectivity index (χ0v) is 13.2. The van der Waals surface area contributed by atoms with Crippen LogP contribution in [0.4, 0.5) is 0 Å². The van der Waals surface area contributed by atoms with Gasteiger partial charge in [0.2, 0.25) is 11.8 Å². The maximum atomic E-state index is 12.3. The molecule has 1 fully saturated rings. The normalized spacial score (nSPS) is 21.3. The van der Waals surface area contributed by atoms with Crippen LogP contribution in [0.3, 0.4) is 0 Å². The Morgan fingerprint density at radius 3 is 2.86 bits per heavy atom. The lowest BCUT2D eigenvalue weighted by atomic mass is 9.99. The van der Waals surface area contributed by atoms with Crippen molar-refractivity contribution in [1.29, 1.82) is 0 Å². The molecule has 2 rings (SSSR count). The first-order valence-corrected chi connectivity index (χ1v) is 7.82. The van der Waals surface area contributed by atoms with Crippen LogP contribution in [0, 0.1) is 0 Å². The predicted octanol–water partition coefficient (Wildman–Crippen LogP) is 1.81. The first-order valence-electron chi connectivity index (χ1n) is 7.82. The van der Waals surface area contributed by atoms with E-state index in [0.29, 0.717) is 43.9 Å². The highest BCUT2D eigenvalue weighted by Gasteiger charge is 2.45. The van der Waals surface area contributed by atoms with E-state index in [2.05, 4.69) is 10.1 Å². The zero-order chi connectivity index (χ0) is 16.2. The highest BCUT2D eigenvalue weighted by Crippen LogP contribution is 2.30. The molecule has 1 aliphatic rings. The number of carboxylic acid groups (broad SMARTS) is 1. The predicted molar refractivity (Wildman–Crippen MR) is 78.2 cm³/mol. The third-order valence-corrected chi connectivity index (χ3v) is 4.17. The summed E-state index contributed by atoms with van der Waals surface area (Å²) < 4.78 is 5.12. The summed E-state index contributed by atoms with van der Waals surface area (Å²) in [7, 11) is 0. The van der Waals surface area contributed by atoms with Crippen LogP contribution in [0.15, 0.2) is 4.52 Å². The second-order valence-corrected chi connectivity index (χ2v) is 5.94. The fourth-order valence-electron chi connectivity index (χ4n) is 2.83. The average molecular weight is 309 g/mol. The Bertz CT molecular complexity index is 543. The Labute approximate surface area is 129 Å². The molecular weight excluding hydrogens is 286 g/mol. The molecule has 122 valence electrons. The van der Waals surface area contributed by atoms with Crippen molar-refractivity contribution in [3.63, 3.8) is 0 Å². The molecule has 1 aliphatic heterocycles. The van der Waals surface area contributed by atoms with Gasteiger partial charge in [-0.3, -0.25) is 4.79 Å². The van der Waals surface area contributed by atoms with Crippen molar-refractivity contribution in [2.24, 2.45) is 0 Å². The van der Waals surface area contributed by atoms with E-state index < -0.39 is 11.5 Å². The number of hydrogen-bond acceptors (Lipinski definition) is 5. The van der Waals surface area contributed by atoms with Gasteiger partial charge in [-0.1, -0.05) is 12.1 Å². The van der Waals surface area contributed by atoms with Gasteiger partial charge in [-0.25, -0.2) is 4.79 Å².